The molecule has 0 aliphatic carbocycles. The van der Waals surface area contributed by atoms with Gasteiger partial charge in [0.15, 0.2) is 6.23 Å². The largest absolute Gasteiger partial charge is 0.394 e. The minimum atomic E-state index is -1.52. The summed E-state index contributed by atoms with van der Waals surface area (Å²) in [6.07, 6.45) is -4.16. The number of hydrogen-bond acceptors (Lipinski definition) is 8. The summed E-state index contributed by atoms with van der Waals surface area (Å²) in [6.45, 7) is -0.580. The lowest BCUT2D eigenvalue weighted by Crippen LogP contribution is -2.42. The maximum atomic E-state index is 12.3. The third kappa shape index (κ3) is 3.62. The highest BCUT2D eigenvalue weighted by Gasteiger charge is 2.44. The van der Waals surface area contributed by atoms with Crippen LogP contribution in [0.5, 0.6) is 0 Å². The van der Waals surface area contributed by atoms with Gasteiger partial charge in [0.1, 0.15) is 23.3 Å². The Bertz CT molecular complexity index is 886. The summed E-state index contributed by atoms with van der Waals surface area (Å²) in [6, 6.07) is 0. The number of aliphatic hydroxyl groups excluding tert-OH is 3. The molecule has 4 N–H and O–H groups in total. The smallest absolute Gasteiger partial charge is 0.330 e. The molecule has 1 aromatic rings. The van der Waals surface area contributed by atoms with E-state index in [4.69, 9.17) is 4.74 Å². The molecule has 2 fully saturated rings. The first-order valence-electron chi connectivity index (χ1n) is 8.28. The van der Waals surface area contributed by atoms with Crippen LogP contribution in [0.3, 0.4) is 0 Å². The first-order valence-corrected chi connectivity index (χ1v) is 10.1. The van der Waals surface area contributed by atoms with Gasteiger partial charge in [-0.15, -0.1) is 0 Å². The van der Waals surface area contributed by atoms with Crippen molar-refractivity contribution in [2.45, 2.75) is 47.2 Å². The van der Waals surface area contributed by atoms with Gasteiger partial charge in [-0.1, -0.05) is 31.9 Å². The van der Waals surface area contributed by atoms with Crippen LogP contribution < -0.4 is 11.2 Å². The average Bonchev–Trinajstić information content (AvgIpc) is 3.13. The van der Waals surface area contributed by atoms with Crippen molar-refractivity contribution in [2.24, 2.45) is 0 Å². The molecule has 2 saturated heterocycles. The second-order valence-corrected chi connectivity index (χ2v) is 8.34. The molecule has 0 saturated carbocycles. The summed E-state index contributed by atoms with van der Waals surface area (Å²) in [5.74, 6) is -0.797. The van der Waals surface area contributed by atoms with Gasteiger partial charge in [-0.2, -0.15) is 0 Å². The lowest BCUT2D eigenvalue weighted by Gasteiger charge is -2.26. The predicted molar refractivity (Wildman–Crippen MR) is 99.8 cm³/mol. The third-order valence-corrected chi connectivity index (χ3v) is 7.30. The standard InChI is InChI=1S/C15H17Br2N3O8/c16-9(12(17)20-7(22)1-2-8(20)23)5-3-19(15(27)18-13(5)26)14-11(25)10(24)6(4-21)28-14/h3,6,9-12,14,21,24-25H,1-2,4H2,(H,18,26,27)/t6-,9?,10?,11?,12?,14-/m1/s1. The number of carbonyl (C=O) groups excluding carboxylic acids is 2. The van der Waals surface area contributed by atoms with Crippen molar-refractivity contribution >= 4 is 43.7 Å². The highest BCUT2D eigenvalue weighted by molar-refractivity contribution is 9.12. The van der Waals surface area contributed by atoms with Crippen LogP contribution in [0.1, 0.15) is 29.5 Å². The molecule has 154 valence electrons. The van der Waals surface area contributed by atoms with Crippen LogP contribution in [0.15, 0.2) is 15.8 Å². The van der Waals surface area contributed by atoms with E-state index in [1.54, 1.807) is 0 Å². The van der Waals surface area contributed by atoms with Gasteiger partial charge in [-0.05, 0) is 0 Å². The van der Waals surface area contributed by atoms with E-state index in [2.05, 4.69) is 36.8 Å². The Hall–Kier alpha value is -1.38. The Labute approximate surface area is 174 Å². The quantitative estimate of drug-likeness (QED) is 0.204. The van der Waals surface area contributed by atoms with Crippen molar-refractivity contribution in [3.8, 4) is 0 Å². The molecule has 4 unspecified atom stereocenters. The minimum absolute atomic E-state index is 0.0216. The fraction of sp³-hybridized carbons (Fsp3) is 0.600. The summed E-state index contributed by atoms with van der Waals surface area (Å²) in [5, 5.41) is 29.2. The van der Waals surface area contributed by atoms with E-state index in [-0.39, 0.29) is 18.4 Å². The molecule has 3 heterocycles. The van der Waals surface area contributed by atoms with E-state index >= 15 is 0 Å². The number of aliphatic hydroxyl groups is 3. The highest BCUT2D eigenvalue weighted by atomic mass is 79.9. The minimum Gasteiger partial charge on any atom is -0.394 e. The van der Waals surface area contributed by atoms with Crippen molar-refractivity contribution in [2.75, 3.05) is 6.61 Å². The highest BCUT2D eigenvalue weighted by Crippen LogP contribution is 2.35. The van der Waals surface area contributed by atoms with Crippen molar-refractivity contribution in [1.29, 1.82) is 0 Å². The number of imide groups is 1. The number of nitrogens with one attached hydrogen (secondary N) is 1. The number of amides is 2. The van der Waals surface area contributed by atoms with E-state index in [0.717, 1.165) is 15.7 Å². The molecule has 0 radical (unpaired) electrons. The molecule has 0 aromatic carbocycles. The van der Waals surface area contributed by atoms with Crippen molar-refractivity contribution < 1.29 is 29.6 Å². The molecule has 0 spiro atoms. The fourth-order valence-corrected chi connectivity index (χ4v) is 4.45. The summed E-state index contributed by atoms with van der Waals surface area (Å²) in [7, 11) is 0. The number of alkyl halides is 2. The molecule has 11 nitrogen and oxygen atoms in total. The van der Waals surface area contributed by atoms with Crippen LogP contribution in [0, 0.1) is 0 Å². The average molecular weight is 527 g/mol. The zero-order valence-corrected chi connectivity index (χ0v) is 17.4. The first-order chi connectivity index (χ1) is 13.2. The van der Waals surface area contributed by atoms with Gasteiger partial charge in [-0.25, -0.2) is 4.79 Å². The number of likely N-dealkylation sites (tertiary alicyclic amines) is 1. The predicted octanol–water partition coefficient (Wildman–Crippen LogP) is -1.55. The molecular formula is C15H17Br2N3O8. The fourth-order valence-electron chi connectivity index (χ4n) is 3.14. The summed E-state index contributed by atoms with van der Waals surface area (Å²) >= 11 is 6.50. The molecule has 2 aliphatic rings. The number of nitrogens with zero attached hydrogens (tertiary/aromatic N) is 2. The molecule has 2 aliphatic heterocycles. The normalized spacial score (nSPS) is 30.1. The maximum Gasteiger partial charge on any atom is 0.330 e. The summed E-state index contributed by atoms with van der Waals surface area (Å²) < 4.78 is 6.19. The lowest BCUT2D eigenvalue weighted by atomic mass is 10.1. The van der Waals surface area contributed by atoms with E-state index in [1.165, 1.54) is 0 Å². The number of carbonyl (C=O) groups is 2. The monoisotopic (exact) mass is 525 g/mol. The van der Waals surface area contributed by atoms with Crippen LogP contribution in [-0.4, -0.2) is 71.5 Å². The van der Waals surface area contributed by atoms with Crippen LogP contribution in [0.25, 0.3) is 0 Å². The van der Waals surface area contributed by atoms with E-state index in [1.807, 2.05) is 0 Å². The second-order valence-electron chi connectivity index (χ2n) is 6.41. The van der Waals surface area contributed by atoms with Gasteiger partial charge in [0, 0.05) is 19.0 Å². The van der Waals surface area contributed by atoms with Gasteiger partial charge < -0.3 is 20.1 Å². The molecule has 13 heteroatoms. The third-order valence-electron chi connectivity index (χ3n) is 4.66. The zero-order valence-electron chi connectivity index (χ0n) is 14.2. The SMILES string of the molecule is O=C1CCC(=O)N1C(Br)C(Br)c1cn([C@@H]2O[C@H](CO)C(O)C2O)c(=O)[nH]c1=O. The second kappa shape index (κ2) is 8.16. The topological polar surface area (TPSA) is 162 Å². The molecule has 1 aromatic heterocycles. The molecule has 0 bridgehead atoms. The van der Waals surface area contributed by atoms with Crippen LogP contribution in [0.4, 0.5) is 0 Å². The van der Waals surface area contributed by atoms with E-state index in [9.17, 15) is 34.5 Å². The number of ether oxygens (including phenoxy) is 1. The number of halogens is 2. The number of hydrogen-bond donors (Lipinski definition) is 4. The van der Waals surface area contributed by atoms with E-state index < -0.39 is 64.0 Å². The number of aromatic amines is 1. The zero-order chi connectivity index (χ0) is 20.7. The molecular weight excluding hydrogens is 510 g/mol. The Morgan fingerprint density at radius 1 is 1.14 bits per heavy atom. The Balaban J connectivity index is 1.96. The number of aromatic nitrogens is 2. The molecule has 6 atom stereocenters. The molecule has 28 heavy (non-hydrogen) atoms. The van der Waals surface area contributed by atoms with Crippen molar-refractivity contribution in [3.05, 3.63) is 32.6 Å². The van der Waals surface area contributed by atoms with Crippen molar-refractivity contribution in [1.82, 2.24) is 14.5 Å². The van der Waals surface area contributed by atoms with E-state index in [0.29, 0.717) is 0 Å². The van der Waals surface area contributed by atoms with Gasteiger partial charge in [0.25, 0.3) is 5.56 Å². The Morgan fingerprint density at radius 2 is 1.75 bits per heavy atom. The molecule has 2 amide bonds. The number of rotatable bonds is 5. The Kier molecular flexibility index (Phi) is 6.22. The van der Waals surface area contributed by atoms with Crippen LogP contribution in [-0.2, 0) is 14.3 Å². The number of H-pyrrole nitrogens is 1. The van der Waals surface area contributed by atoms with Crippen LogP contribution >= 0.6 is 31.9 Å². The summed E-state index contributed by atoms with van der Waals surface area (Å²) in [4.78, 5) is 49.7. The van der Waals surface area contributed by atoms with Gasteiger partial charge >= 0.3 is 5.69 Å². The maximum absolute atomic E-state index is 12.3. The van der Waals surface area contributed by atoms with Gasteiger partial charge in [0.05, 0.1) is 17.0 Å². The van der Waals surface area contributed by atoms with Crippen molar-refractivity contribution in [3.63, 3.8) is 0 Å². The van der Waals surface area contributed by atoms with Gasteiger partial charge in [0.2, 0.25) is 11.8 Å². The first kappa shape index (κ1) is 21.3. The van der Waals surface area contributed by atoms with Gasteiger partial charge in [-0.3, -0.25) is 28.8 Å². The lowest BCUT2D eigenvalue weighted by molar-refractivity contribution is -0.138. The Morgan fingerprint density at radius 3 is 2.29 bits per heavy atom. The molecule has 3 rings (SSSR count). The summed E-state index contributed by atoms with van der Waals surface area (Å²) in [5.41, 5.74) is -1.69. The van der Waals surface area contributed by atoms with Crippen LogP contribution in [0.2, 0.25) is 0 Å².